The minimum absolute atomic E-state index is 0.0475. The predicted octanol–water partition coefficient (Wildman–Crippen LogP) is 3.41. The first-order chi connectivity index (χ1) is 18.1. The number of fused-ring (bicyclic) bond motifs is 2. The molecule has 11 heteroatoms. The molecule has 0 spiro atoms. The summed E-state index contributed by atoms with van der Waals surface area (Å²) in [7, 11) is -3.95. The van der Waals surface area contributed by atoms with Crippen LogP contribution in [0.2, 0.25) is 5.02 Å². The summed E-state index contributed by atoms with van der Waals surface area (Å²) in [5, 5.41) is 1.01. The first-order valence-corrected chi connectivity index (χ1v) is 14.2. The maximum Gasteiger partial charge on any atom is 0.349 e. The number of amides is 2. The molecular weight excluding hydrogens is 530 g/mol. The molecule has 3 aromatic rings. The predicted molar refractivity (Wildman–Crippen MR) is 145 cm³/mol. The Balaban J connectivity index is 1.30. The first kappa shape index (κ1) is 26.0. The molecule has 5 rings (SSSR count). The maximum atomic E-state index is 13.2. The summed E-state index contributed by atoms with van der Waals surface area (Å²) in [6.45, 7) is 6.24. The van der Waals surface area contributed by atoms with Crippen LogP contribution in [0.1, 0.15) is 29.8 Å². The van der Waals surface area contributed by atoms with Crippen LogP contribution in [0.25, 0.3) is 17.0 Å². The lowest BCUT2D eigenvalue weighted by atomic mass is 10.1. The fraction of sp³-hybridized carbons (Fsp3) is 0.296. The molecule has 0 radical (unpaired) electrons. The Hall–Kier alpha value is -3.63. The number of hydrogen-bond acceptors (Lipinski definition) is 7. The summed E-state index contributed by atoms with van der Waals surface area (Å²) < 4.78 is 31.3. The smallest absolute Gasteiger partial charge is 0.349 e. The van der Waals surface area contributed by atoms with Crippen LogP contribution in [-0.2, 0) is 14.6 Å². The van der Waals surface area contributed by atoms with Crippen LogP contribution < -0.4 is 10.5 Å². The highest BCUT2D eigenvalue weighted by molar-refractivity contribution is 7.96. The van der Waals surface area contributed by atoms with Gasteiger partial charge in [0.15, 0.2) is 0 Å². The number of carbonyl (C=O) groups excluding carboxylic acids is 2. The van der Waals surface area contributed by atoms with E-state index in [9.17, 15) is 22.8 Å². The van der Waals surface area contributed by atoms with Crippen LogP contribution in [0, 0.1) is 0 Å². The van der Waals surface area contributed by atoms with Crippen molar-refractivity contribution < 1.29 is 22.4 Å². The number of piperazine rings is 1. The van der Waals surface area contributed by atoms with E-state index in [-0.39, 0.29) is 41.5 Å². The monoisotopic (exact) mass is 555 g/mol. The van der Waals surface area contributed by atoms with Crippen molar-refractivity contribution in [3.05, 3.63) is 73.9 Å². The van der Waals surface area contributed by atoms with Gasteiger partial charge in [-0.05, 0) is 61.9 Å². The highest BCUT2D eigenvalue weighted by Gasteiger charge is 2.38. The number of benzene rings is 2. The first-order valence-electron chi connectivity index (χ1n) is 12.3. The minimum Gasteiger partial charge on any atom is -0.422 e. The third-order valence-electron chi connectivity index (χ3n) is 6.98. The van der Waals surface area contributed by atoms with Gasteiger partial charge in [-0.1, -0.05) is 11.6 Å². The molecule has 9 nitrogen and oxygen atoms in total. The Morgan fingerprint density at radius 1 is 0.947 bits per heavy atom. The second kappa shape index (κ2) is 9.92. The number of halogens is 1. The van der Waals surface area contributed by atoms with Crippen LogP contribution in [0.4, 0.5) is 5.69 Å². The van der Waals surface area contributed by atoms with E-state index in [1.165, 1.54) is 40.1 Å². The van der Waals surface area contributed by atoms with E-state index in [2.05, 4.69) is 4.90 Å². The van der Waals surface area contributed by atoms with Gasteiger partial charge in [-0.25, -0.2) is 13.2 Å². The average molecular weight is 556 g/mol. The SMILES string of the molecule is CCN(CC)c1ccc2cc(C(=O)N3CCN(C(=O)C4=Cc5cc(Cl)ccc5S4(=O)=O)CC3)c(=O)oc2c1. The average Bonchev–Trinajstić information content (AvgIpc) is 3.17. The molecule has 0 N–H and O–H groups in total. The molecule has 0 aliphatic carbocycles. The second-order valence-electron chi connectivity index (χ2n) is 9.12. The van der Waals surface area contributed by atoms with E-state index in [4.69, 9.17) is 16.0 Å². The summed E-state index contributed by atoms with van der Waals surface area (Å²) in [6.07, 6.45) is 1.34. The molecular formula is C27H26ClN3O6S. The number of hydrogen-bond donors (Lipinski definition) is 0. The molecule has 1 fully saturated rings. The molecule has 3 heterocycles. The van der Waals surface area contributed by atoms with Crippen molar-refractivity contribution in [3.8, 4) is 0 Å². The number of carbonyl (C=O) groups is 2. The zero-order valence-corrected chi connectivity index (χ0v) is 22.5. The van der Waals surface area contributed by atoms with Crippen molar-refractivity contribution in [1.82, 2.24) is 9.80 Å². The fourth-order valence-electron chi connectivity index (χ4n) is 4.86. The van der Waals surface area contributed by atoms with Gasteiger partial charge in [0.2, 0.25) is 9.84 Å². The zero-order chi connectivity index (χ0) is 27.2. The van der Waals surface area contributed by atoms with Gasteiger partial charge in [-0.3, -0.25) is 9.59 Å². The van der Waals surface area contributed by atoms with E-state index in [0.717, 1.165) is 18.8 Å². The van der Waals surface area contributed by atoms with Crippen molar-refractivity contribution in [2.45, 2.75) is 18.7 Å². The zero-order valence-electron chi connectivity index (χ0n) is 20.9. The quantitative estimate of drug-likeness (QED) is 0.444. The van der Waals surface area contributed by atoms with Gasteiger partial charge in [-0.2, -0.15) is 0 Å². The molecule has 0 atom stereocenters. The summed E-state index contributed by atoms with van der Waals surface area (Å²) in [6, 6.07) is 11.4. The van der Waals surface area contributed by atoms with Crippen LogP contribution in [0.5, 0.6) is 0 Å². The number of anilines is 1. The van der Waals surface area contributed by atoms with E-state index in [1.54, 1.807) is 6.07 Å². The van der Waals surface area contributed by atoms with Gasteiger partial charge in [0.1, 0.15) is 16.1 Å². The highest BCUT2D eigenvalue weighted by atomic mass is 35.5. The lowest BCUT2D eigenvalue weighted by Crippen LogP contribution is -2.51. The van der Waals surface area contributed by atoms with Crippen LogP contribution >= 0.6 is 11.6 Å². The van der Waals surface area contributed by atoms with Crippen LogP contribution in [0.15, 0.2) is 61.5 Å². The molecule has 38 heavy (non-hydrogen) atoms. The van der Waals surface area contributed by atoms with E-state index in [0.29, 0.717) is 21.6 Å². The fourth-order valence-corrected chi connectivity index (χ4v) is 6.60. The Bertz CT molecular complexity index is 1650. The second-order valence-corrected chi connectivity index (χ2v) is 11.4. The molecule has 2 aliphatic rings. The highest BCUT2D eigenvalue weighted by Crippen LogP contribution is 2.35. The van der Waals surface area contributed by atoms with Crippen molar-refractivity contribution in [2.75, 3.05) is 44.2 Å². The lowest BCUT2D eigenvalue weighted by Gasteiger charge is -2.34. The van der Waals surface area contributed by atoms with Crippen LogP contribution in [0.3, 0.4) is 0 Å². The number of rotatable bonds is 5. The maximum absolute atomic E-state index is 13.2. The van der Waals surface area contributed by atoms with Gasteiger partial charge >= 0.3 is 5.63 Å². The molecule has 198 valence electrons. The molecule has 1 aromatic heterocycles. The Kier molecular flexibility index (Phi) is 6.79. The molecule has 0 unspecified atom stereocenters. The normalized spacial score (nSPS) is 16.3. The summed E-state index contributed by atoms with van der Waals surface area (Å²) in [5.74, 6) is -1.12. The number of nitrogens with zero attached hydrogens (tertiary/aromatic N) is 3. The third-order valence-corrected chi connectivity index (χ3v) is 9.04. The van der Waals surface area contributed by atoms with Crippen LogP contribution in [-0.4, -0.2) is 69.3 Å². The molecule has 0 saturated carbocycles. The third kappa shape index (κ3) is 4.48. The van der Waals surface area contributed by atoms with Crippen molar-refractivity contribution in [3.63, 3.8) is 0 Å². The molecule has 1 saturated heterocycles. The summed E-state index contributed by atoms with van der Waals surface area (Å²) in [4.78, 5) is 43.7. The van der Waals surface area contributed by atoms with Crippen molar-refractivity contribution >= 4 is 56.0 Å². The molecule has 2 amide bonds. The minimum atomic E-state index is -3.95. The largest absolute Gasteiger partial charge is 0.422 e. The van der Waals surface area contributed by atoms with Gasteiger partial charge in [0.05, 0.1) is 4.90 Å². The van der Waals surface area contributed by atoms with Gasteiger partial charge in [0.25, 0.3) is 11.8 Å². The van der Waals surface area contributed by atoms with Gasteiger partial charge in [-0.15, -0.1) is 0 Å². The molecule has 2 aromatic carbocycles. The standard InChI is InChI=1S/C27H26ClN3O6S/c1-3-29(4-2)20-7-5-17-14-21(27(34)37-22(17)16-20)25(32)30-9-11-31(12-10-30)26(33)24-15-18-13-19(28)6-8-23(18)38(24,35)36/h5-8,13-16H,3-4,9-12H2,1-2H3. The molecule has 2 aliphatic heterocycles. The van der Waals surface area contributed by atoms with Crippen molar-refractivity contribution in [1.29, 1.82) is 0 Å². The Morgan fingerprint density at radius 3 is 2.26 bits per heavy atom. The lowest BCUT2D eigenvalue weighted by molar-refractivity contribution is -0.127. The van der Waals surface area contributed by atoms with E-state index >= 15 is 0 Å². The van der Waals surface area contributed by atoms with Gasteiger partial charge in [0, 0.05) is 61.4 Å². The van der Waals surface area contributed by atoms with Gasteiger partial charge < -0.3 is 19.1 Å². The Labute approximate surface area is 224 Å². The molecule has 0 bridgehead atoms. The number of sulfone groups is 1. The van der Waals surface area contributed by atoms with Crippen molar-refractivity contribution in [2.24, 2.45) is 0 Å². The van der Waals surface area contributed by atoms with E-state index in [1.807, 2.05) is 26.0 Å². The summed E-state index contributed by atoms with van der Waals surface area (Å²) in [5.41, 5.74) is 0.898. The van der Waals surface area contributed by atoms with E-state index < -0.39 is 27.3 Å². The summed E-state index contributed by atoms with van der Waals surface area (Å²) >= 11 is 5.98. The Morgan fingerprint density at radius 2 is 1.61 bits per heavy atom. The topological polar surface area (TPSA) is 108 Å².